The van der Waals surface area contributed by atoms with Crippen LogP contribution < -0.4 is 88.0 Å². The Labute approximate surface area is 475 Å². The molecule has 0 aliphatic rings. The van der Waals surface area contributed by atoms with Gasteiger partial charge in [0.05, 0.1) is 39.1 Å². The number of primary amides is 3. The first-order valence-electron chi connectivity index (χ1n) is 25.9. The molecule has 12 amide bonds. The van der Waals surface area contributed by atoms with Crippen molar-refractivity contribution in [3.63, 3.8) is 0 Å². The number of aliphatic carboxylic acids is 1. The summed E-state index contributed by atoms with van der Waals surface area (Å²) in [6.07, 6.45) is -2.89. The van der Waals surface area contributed by atoms with Gasteiger partial charge in [-0.1, -0.05) is 32.4 Å². The van der Waals surface area contributed by atoms with Gasteiger partial charge in [-0.3, -0.25) is 62.5 Å². The van der Waals surface area contributed by atoms with Crippen LogP contribution in [0.2, 0.25) is 0 Å². The van der Waals surface area contributed by atoms with Gasteiger partial charge in [-0.2, -0.15) is 0 Å². The molecule has 35 nitrogen and oxygen atoms in total. The third-order valence-electron chi connectivity index (χ3n) is 12.2. The van der Waals surface area contributed by atoms with Crippen LogP contribution in [0.25, 0.3) is 0 Å². The Morgan fingerprint density at radius 2 is 0.855 bits per heavy atom. The van der Waals surface area contributed by atoms with Gasteiger partial charge in [0.2, 0.25) is 70.9 Å². The molecule has 0 heterocycles. The maximum Gasteiger partial charge on any atom is 0.326 e. The fourth-order valence-corrected chi connectivity index (χ4v) is 7.44. The Morgan fingerprint density at radius 1 is 0.494 bits per heavy atom. The minimum atomic E-state index is -1.97. The molecule has 0 fully saturated rings. The van der Waals surface area contributed by atoms with Gasteiger partial charge in [-0.25, -0.2) is 4.79 Å². The highest BCUT2D eigenvalue weighted by Gasteiger charge is 2.37. The second kappa shape index (κ2) is 37.3. The number of unbranched alkanes of at least 4 members (excludes halogenated alkanes) is 1. The summed E-state index contributed by atoms with van der Waals surface area (Å²) >= 11 is 0. The van der Waals surface area contributed by atoms with Crippen molar-refractivity contribution >= 4 is 82.8 Å². The number of nitrogens with zero attached hydrogens (tertiary/aromatic N) is 1. The van der Waals surface area contributed by atoms with Crippen LogP contribution in [0.5, 0.6) is 5.75 Å². The van der Waals surface area contributed by atoms with E-state index >= 15 is 0 Å². The number of carboxylic acid groups (broad SMARTS) is 1. The maximum atomic E-state index is 14.3. The molecule has 1 aromatic carbocycles. The largest absolute Gasteiger partial charge is 0.508 e. The Hall–Kier alpha value is -8.80. The lowest BCUT2D eigenvalue weighted by molar-refractivity contribution is -0.144. The van der Waals surface area contributed by atoms with E-state index in [2.05, 4.69) is 52.8 Å². The number of aliphatic hydroxyl groups is 3. The molecule has 0 aliphatic heterocycles. The van der Waals surface area contributed by atoms with Crippen molar-refractivity contribution in [1.29, 1.82) is 0 Å². The standard InChI is InChI=1S/C48H79N17O18/c1-3-22(2)37(47(82)83)65-44(79)31(18-36(53)72)62-46(81)33(21-68)64-43(78)30(17-35(52)71)61-40(75)26(7-4-5-13-49)57-39(74)27(8-6-14-56-48(54)55)58-41(76)28(15-23-9-11-24(69)12-10-23)60-45(80)32(20-67)63-42(77)29(16-34(51)70)59-38(73)25(50)19-66/h9-12,22,25-33,37,66-69H,3-8,13-21,49-50H2,1-2H3,(H2,51,70)(H2,52,71)(H2,53,72)(H,57,74)(H,58,76)(H,59,73)(H,60,80)(H,61,75)(H,62,81)(H,63,77)(H,64,78)(H,65,79)(H,82,83)(H4,54,55,56)/t22-,25-,26-,27-,28-,29-,30-,31-,32-,33-,37-/m0/s1. The Balaban J connectivity index is 3.66. The maximum absolute atomic E-state index is 14.3. The summed E-state index contributed by atoms with van der Waals surface area (Å²) in [5, 5.41) is 69.4. The van der Waals surface area contributed by atoms with Crippen molar-refractivity contribution in [1.82, 2.24) is 47.9 Å². The molecule has 0 saturated carbocycles. The summed E-state index contributed by atoms with van der Waals surface area (Å²) in [5.41, 5.74) is 38.4. The fraction of sp³-hybridized carbons (Fsp3) is 0.583. The molecule has 0 aromatic heterocycles. The number of carboxylic acids is 1. The predicted octanol–water partition coefficient (Wildman–Crippen LogP) is -10.5. The number of aromatic hydroxyl groups is 1. The van der Waals surface area contributed by atoms with Gasteiger partial charge in [0.15, 0.2) is 5.96 Å². The summed E-state index contributed by atoms with van der Waals surface area (Å²) < 4.78 is 0. The van der Waals surface area contributed by atoms with Crippen molar-refractivity contribution in [2.45, 2.75) is 138 Å². The average Bonchev–Trinajstić information content (AvgIpc) is 3.48. The van der Waals surface area contributed by atoms with Gasteiger partial charge in [0, 0.05) is 13.0 Å². The lowest BCUT2D eigenvalue weighted by Crippen LogP contribution is -2.61. The van der Waals surface area contributed by atoms with E-state index < -0.39 is 189 Å². The molecule has 0 unspecified atom stereocenters. The summed E-state index contributed by atoms with van der Waals surface area (Å²) in [4.78, 5) is 174. The summed E-state index contributed by atoms with van der Waals surface area (Å²) in [6, 6.07) is -12.1. The molecule has 28 N–H and O–H groups in total. The zero-order valence-electron chi connectivity index (χ0n) is 45.8. The second-order valence-electron chi connectivity index (χ2n) is 19.0. The number of amides is 12. The molecule has 0 spiro atoms. The topological polar surface area (TPSA) is 626 Å². The minimum Gasteiger partial charge on any atom is -0.508 e. The van der Waals surface area contributed by atoms with Crippen LogP contribution >= 0.6 is 0 Å². The van der Waals surface area contributed by atoms with Gasteiger partial charge in [0.1, 0.15) is 66.2 Å². The zero-order valence-corrected chi connectivity index (χ0v) is 45.8. The highest BCUT2D eigenvalue weighted by molar-refractivity contribution is 6.00. The lowest BCUT2D eigenvalue weighted by atomic mass is 9.98. The first kappa shape index (κ1) is 72.2. The number of nitrogens with one attached hydrogen (secondary N) is 9. The first-order chi connectivity index (χ1) is 39.0. The van der Waals surface area contributed by atoms with Crippen LogP contribution in [0.4, 0.5) is 0 Å². The summed E-state index contributed by atoms with van der Waals surface area (Å²) in [7, 11) is 0. The van der Waals surface area contributed by atoms with Gasteiger partial charge in [0.25, 0.3) is 0 Å². The first-order valence-corrected chi connectivity index (χ1v) is 25.9. The number of hydrogen-bond acceptors (Lipinski definition) is 20. The van der Waals surface area contributed by atoms with Crippen molar-refractivity contribution in [3.8, 4) is 5.75 Å². The van der Waals surface area contributed by atoms with E-state index in [4.69, 9.17) is 40.1 Å². The Bertz CT molecular complexity index is 2450. The van der Waals surface area contributed by atoms with E-state index in [1.54, 1.807) is 6.92 Å². The molecule has 0 bridgehead atoms. The van der Waals surface area contributed by atoms with Crippen LogP contribution in [-0.2, 0) is 68.7 Å². The van der Waals surface area contributed by atoms with Crippen molar-refractivity contribution in [2.24, 2.45) is 51.0 Å². The van der Waals surface area contributed by atoms with E-state index in [0.717, 1.165) is 0 Å². The number of phenols is 1. The summed E-state index contributed by atoms with van der Waals surface area (Å²) in [6.45, 7) is -0.0547. The number of hydrogen-bond donors (Lipinski definition) is 21. The zero-order chi connectivity index (χ0) is 63.1. The third-order valence-corrected chi connectivity index (χ3v) is 12.2. The number of aliphatic imine (C=N–C) groups is 1. The van der Waals surface area contributed by atoms with Gasteiger partial charge < -0.3 is 114 Å². The number of aliphatic hydroxyl groups excluding tert-OH is 3. The number of carbonyl (C=O) groups excluding carboxylic acids is 12. The molecular formula is C48H79N17O18. The van der Waals surface area contributed by atoms with E-state index in [1.165, 1.54) is 31.2 Å². The van der Waals surface area contributed by atoms with Crippen LogP contribution in [0.15, 0.2) is 29.3 Å². The molecule has 0 aliphatic carbocycles. The summed E-state index contributed by atoms with van der Waals surface area (Å²) in [5.74, 6) is -16.7. The van der Waals surface area contributed by atoms with E-state index in [-0.39, 0.29) is 56.9 Å². The molecule has 464 valence electrons. The van der Waals surface area contributed by atoms with Gasteiger partial charge in [-0.05, 0) is 62.3 Å². The van der Waals surface area contributed by atoms with Gasteiger partial charge >= 0.3 is 5.97 Å². The SMILES string of the molecule is CC[C@H](C)[C@H](NC(=O)[C@H](CC(N)=O)NC(=O)[C@H](CO)NC(=O)[C@H](CC(N)=O)NC(=O)[C@H](CCCCN)NC(=O)[C@H](CCCN=C(N)N)NC(=O)[C@H](Cc1ccc(O)cc1)NC(=O)[C@H](CO)NC(=O)[C@H](CC(N)=O)NC(=O)[C@@H](N)CO)C(=O)O. The Kier molecular flexibility index (Phi) is 32.4. The van der Waals surface area contributed by atoms with Crippen LogP contribution in [0, 0.1) is 5.92 Å². The van der Waals surface area contributed by atoms with Crippen LogP contribution in [0.1, 0.15) is 77.2 Å². The number of guanidine groups is 1. The number of carbonyl (C=O) groups is 13. The van der Waals surface area contributed by atoms with Crippen molar-refractivity contribution < 1.29 is 87.9 Å². The molecule has 0 saturated heterocycles. The monoisotopic (exact) mass is 1180 g/mol. The molecule has 1 aromatic rings. The predicted molar refractivity (Wildman–Crippen MR) is 290 cm³/mol. The molecule has 0 radical (unpaired) electrons. The molecule has 35 heteroatoms. The smallest absolute Gasteiger partial charge is 0.326 e. The highest BCUT2D eigenvalue weighted by Crippen LogP contribution is 2.14. The van der Waals surface area contributed by atoms with E-state index in [1.807, 2.05) is 0 Å². The van der Waals surface area contributed by atoms with Crippen molar-refractivity contribution in [3.05, 3.63) is 29.8 Å². The molecule has 1 rings (SSSR count). The normalized spacial score (nSPS) is 14.9. The minimum absolute atomic E-state index is 0.0323. The van der Waals surface area contributed by atoms with E-state index in [0.29, 0.717) is 12.0 Å². The molecule has 83 heavy (non-hydrogen) atoms. The highest BCUT2D eigenvalue weighted by atomic mass is 16.4. The Morgan fingerprint density at radius 3 is 1.24 bits per heavy atom. The van der Waals surface area contributed by atoms with Gasteiger partial charge in [-0.15, -0.1) is 0 Å². The number of benzene rings is 1. The lowest BCUT2D eigenvalue weighted by Gasteiger charge is -2.28. The fourth-order valence-electron chi connectivity index (χ4n) is 7.44. The quantitative estimate of drug-likeness (QED) is 0.0165. The molecular weight excluding hydrogens is 1100 g/mol. The van der Waals surface area contributed by atoms with Crippen molar-refractivity contribution in [2.75, 3.05) is 32.9 Å². The number of nitrogens with two attached hydrogens (primary N) is 7. The number of phenolic OH excluding ortho intramolecular Hbond substituents is 1. The number of rotatable bonds is 40. The second-order valence-corrected chi connectivity index (χ2v) is 19.0. The average molecular weight is 1180 g/mol. The van der Waals surface area contributed by atoms with E-state index in [9.17, 15) is 87.9 Å². The molecule has 11 atom stereocenters. The van der Waals surface area contributed by atoms with Crippen LogP contribution in [-0.4, -0.2) is 202 Å². The third kappa shape index (κ3) is 27.0. The van der Waals surface area contributed by atoms with Crippen LogP contribution in [0.3, 0.4) is 0 Å².